The fraction of sp³-hybridized carbons (Fsp3) is 0.429. The van der Waals surface area contributed by atoms with E-state index in [9.17, 15) is 0 Å². The fourth-order valence-corrected chi connectivity index (χ4v) is 2.71. The molecule has 1 aromatic carbocycles. The van der Waals surface area contributed by atoms with Crippen LogP contribution in [-0.4, -0.2) is 21.9 Å². The molecule has 1 aromatic heterocycles. The highest BCUT2D eigenvalue weighted by atomic mass is 35.5. The van der Waals surface area contributed by atoms with Gasteiger partial charge in [0.1, 0.15) is 5.82 Å². The van der Waals surface area contributed by atoms with Crippen molar-refractivity contribution in [1.82, 2.24) is 9.36 Å². The molecule has 1 atom stereocenters. The van der Waals surface area contributed by atoms with Crippen LogP contribution >= 0.6 is 23.1 Å². The Morgan fingerprint density at radius 1 is 1.35 bits per heavy atom. The second-order valence-electron chi connectivity index (χ2n) is 4.65. The van der Waals surface area contributed by atoms with Crippen molar-refractivity contribution in [2.75, 3.05) is 11.9 Å². The molecule has 4 nitrogen and oxygen atoms in total. The molecule has 0 saturated carbocycles. The van der Waals surface area contributed by atoms with Crippen LogP contribution in [0.15, 0.2) is 24.3 Å². The Kier molecular flexibility index (Phi) is 5.76. The third-order valence-electron chi connectivity index (χ3n) is 3.08. The zero-order valence-electron chi connectivity index (χ0n) is 11.5. The molecule has 6 heteroatoms. The lowest BCUT2D eigenvalue weighted by Gasteiger charge is -2.14. The average Bonchev–Trinajstić information content (AvgIpc) is 2.88. The largest absolute Gasteiger partial charge is 0.358 e. The average molecular weight is 311 g/mol. The van der Waals surface area contributed by atoms with Crippen molar-refractivity contribution >= 4 is 28.3 Å². The lowest BCUT2D eigenvalue weighted by atomic mass is 10.1. The van der Waals surface area contributed by atoms with Crippen LogP contribution in [0.4, 0.5) is 5.13 Å². The topological polar surface area (TPSA) is 63.8 Å². The Hall–Kier alpha value is -1.17. The van der Waals surface area contributed by atoms with Crippen molar-refractivity contribution in [3.8, 4) is 0 Å². The van der Waals surface area contributed by atoms with Crippen molar-refractivity contribution < 1.29 is 0 Å². The Bertz CT molecular complexity index is 526. The molecule has 0 aliphatic carbocycles. The quantitative estimate of drug-likeness (QED) is 0.823. The van der Waals surface area contributed by atoms with E-state index in [0.29, 0.717) is 12.6 Å². The zero-order valence-corrected chi connectivity index (χ0v) is 13.0. The smallest absolute Gasteiger partial charge is 0.202 e. The van der Waals surface area contributed by atoms with E-state index >= 15 is 0 Å². The zero-order chi connectivity index (χ0) is 14.4. The van der Waals surface area contributed by atoms with E-state index in [-0.39, 0.29) is 0 Å². The maximum absolute atomic E-state index is 5.87. The molecule has 1 unspecified atom stereocenters. The van der Waals surface area contributed by atoms with Gasteiger partial charge in [0, 0.05) is 29.0 Å². The minimum absolute atomic E-state index is 0.372. The summed E-state index contributed by atoms with van der Waals surface area (Å²) in [6, 6.07) is 8.14. The van der Waals surface area contributed by atoms with E-state index < -0.39 is 0 Å². The van der Waals surface area contributed by atoms with Gasteiger partial charge < -0.3 is 11.1 Å². The number of nitrogens with one attached hydrogen (secondary N) is 1. The molecule has 0 amide bonds. The lowest BCUT2D eigenvalue weighted by molar-refractivity contribution is 0.641. The lowest BCUT2D eigenvalue weighted by Crippen LogP contribution is -2.22. The molecule has 0 aliphatic heterocycles. The summed E-state index contributed by atoms with van der Waals surface area (Å²) >= 11 is 7.27. The molecule has 0 spiro atoms. The van der Waals surface area contributed by atoms with Crippen LogP contribution in [-0.2, 0) is 6.42 Å². The third kappa shape index (κ3) is 4.44. The van der Waals surface area contributed by atoms with Crippen molar-refractivity contribution in [2.45, 2.75) is 32.2 Å². The second kappa shape index (κ2) is 7.57. The summed E-state index contributed by atoms with van der Waals surface area (Å²) in [5.41, 5.74) is 6.75. The third-order valence-corrected chi connectivity index (χ3v) is 4.02. The Morgan fingerprint density at radius 3 is 2.75 bits per heavy atom. The van der Waals surface area contributed by atoms with E-state index in [1.807, 2.05) is 24.3 Å². The van der Waals surface area contributed by atoms with Gasteiger partial charge in [-0.2, -0.15) is 4.37 Å². The number of rotatable bonds is 7. The first-order valence-electron chi connectivity index (χ1n) is 6.75. The van der Waals surface area contributed by atoms with Crippen molar-refractivity contribution in [2.24, 2.45) is 5.73 Å². The van der Waals surface area contributed by atoms with Gasteiger partial charge in [-0.3, -0.25) is 0 Å². The number of benzene rings is 1. The van der Waals surface area contributed by atoms with Gasteiger partial charge in [0.2, 0.25) is 5.13 Å². The van der Waals surface area contributed by atoms with Gasteiger partial charge in [0.15, 0.2) is 0 Å². The summed E-state index contributed by atoms with van der Waals surface area (Å²) in [5, 5.41) is 5.00. The van der Waals surface area contributed by atoms with E-state index in [1.165, 1.54) is 11.5 Å². The van der Waals surface area contributed by atoms with Crippen molar-refractivity contribution in [3.63, 3.8) is 0 Å². The van der Waals surface area contributed by atoms with Gasteiger partial charge in [-0.25, -0.2) is 4.98 Å². The van der Waals surface area contributed by atoms with Crippen molar-refractivity contribution in [3.05, 3.63) is 40.7 Å². The fourth-order valence-electron chi connectivity index (χ4n) is 1.92. The number of nitrogens with zero attached hydrogens (tertiary/aromatic N) is 2. The summed E-state index contributed by atoms with van der Waals surface area (Å²) in [5.74, 6) is 0.836. The first kappa shape index (κ1) is 15.2. The molecule has 0 aliphatic rings. The SMILES string of the molecule is CCC(CCN)Nc1nc(Cc2ccc(Cl)cc2)ns1. The van der Waals surface area contributed by atoms with E-state index in [4.69, 9.17) is 17.3 Å². The van der Waals surface area contributed by atoms with Gasteiger partial charge in [0.25, 0.3) is 0 Å². The van der Waals surface area contributed by atoms with Gasteiger partial charge in [-0.05, 0) is 37.1 Å². The number of nitrogens with two attached hydrogens (primary N) is 1. The highest BCUT2D eigenvalue weighted by Gasteiger charge is 2.09. The standard InChI is InChI=1S/C14H19ClN4S/c1-2-12(7-8-16)17-14-18-13(19-20-14)9-10-3-5-11(15)6-4-10/h3-6,12H,2,7-9,16H2,1H3,(H,17,18,19). The number of halogens is 1. The van der Waals surface area contributed by atoms with Crippen molar-refractivity contribution in [1.29, 1.82) is 0 Å². The molecule has 108 valence electrons. The summed E-state index contributed by atoms with van der Waals surface area (Å²) in [6.07, 6.45) is 2.70. The predicted octanol–water partition coefficient (Wildman–Crippen LogP) is 3.32. The molecular weight excluding hydrogens is 292 g/mol. The number of aromatic nitrogens is 2. The van der Waals surface area contributed by atoms with Crippen LogP contribution in [0.25, 0.3) is 0 Å². The molecule has 20 heavy (non-hydrogen) atoms. The van der Waals surface area contributed by atoms with Gasteiger partial charge in [-0.1, -0.05) is 30.7 Å². The molecule has 1 heterocycles. The minimum atomic E-state index is 0.372. The van der Waals surface area contributed by atoms with E-state index in [0.717, 1.165) is 40.8 Å². The number of anilines is 1. The first-order chi connectivity index (χ1) is 9.71. The highest BCUT2D eigenvalue weighted by Crippen LogP contribution is 2.17. The molecule has 0 bridgehead atoms. The summed E-state index contributed by atoms with van der Waals surface area (Å²) in [4.78, 5) is 4.52. The summed E-state index contributed by atoms with van der Waals surface area (Å²) in [7, 11) is 0. The summed E-state index contributed by atoms with van der Waals surface area (Å²) < 4.78 is 4.39. The molecule has 2 aromatic rings. The van der Waals surface area contributed by atoms with Crippen LogP contribution in [0, 0.1) is 0 Å². The van der Waals surface area contributed by atoms with E-state index in [1.54, 1.807) is 0 Å². The molecule has 0 radical (unpaired) electrons. The Morgan fingerprint density at radius 2 is 2.10 bits per heavy atom. The minimum Gasteiger partial charge on any atom is -0.358 e. The highest BCUT2D eigenvalue weighted by molar-refractivity contribution is 7.09. The van der Waals surface area contributed by atoms with Crippen LogP contribution in [0.5, 0.6) is 0 Å². The molecular formula is C14H19ClN4S. The Labute approximate surface area is 128 Å². The molecule has 2 rings (SSSR count). The first-order valence-corrected chi connectivity index (χ1v) is 7.90. The van der Waals surface area contributed by atoms with E-state index in [2.05, 4.69) is 21.6 Å². The van der Waals surface area contributed by atoms with Gasteiger partial charge >= 0.3 is 0 Å². The predicted molar refractivity (Wildman–Crippen MR) is 85.5 cm³/mol. The maximum Gasteiger partial charge on any atom is 0.202 e. The maximum atomic E-state index is 5.87. The Balaban J connectivity index is 1.96. The van der Waals surface area contributed by atoms with Gasteiger partial charge in [0.05, 0.1) is 0 Å². The molecule has 0 fully saturated rings. The normalized spacial score (nSPS) is 12.3. The monoisotopic (exact) mass is 310 g/mol. The summed E-state index contributed by atoms with van der Waals surface area (Å²) in [6.45, 7) is 2.82. The van der Waals surface area contributed by atoms with Crippen LogP contribution in [0.2, 0.25) is 5.02 Å². The van der Waals surface area contributed by atoms with Gasteiger partial charge in [-0.15, -0.1) is 0 Å². The van der Waals surface area contributed by atoms with Crippen LogP contribution < -0.4 is 11.1 Å². The second-order valence-corrected chi connectivity index (χ2v) is 5.83. The number of hydrogen-bond acceptors (Lipinski definition) is 5. The molecule has 0 saturated heterocycles. The number of hydrogen-bond donors (Lipinski definition) is 2. The van der Waals surface area contributed by atoms with Crippen LogP contribution in [0.1, 0.15) is 31.2 Å². The molecule has 3 N–H and O–H groups in total. The van der Waals surface area contributed by atoms with Crippen LogP contribution in [0.3, 0.4) is 0 Å².